The van der Waals surface area contributed by atoms with Crippen molar-refractivity contribution in [1.29, 1.82) is 0 Å². The maximum atomic E-state index is 9.14. The second-order valence-electron chi connectivity index (χ2n) is 7.14. The first kappa shape index (κ1) is 18.9. The van der Waals surface area contributed by atoms with Gasteiger partial charge >= 0.3 is 0 Å². The number of H-pyrrole nitrogens is 1. The van der Waals surface area contributed by atoms with E-state index in [4.69, 9.17) is 4.91 Å². The minimum Gasteiger partial charge on any atom is -0.361 e. The predicted octanol–water partition coefficient (Wildman–Crippen LogP) is 4.75. The lowest BCUT2D eigenvalue weighted by Crippen LogP contribution is -2.14. The molecule has 0 amide bonds. The average molecular weight is 336 g/mol. The van der Waals surface area contributed by atoms with E-state index < -0.39 is 0 Å². The molecule has 1 aromatic rings. The summed E-state index contributed by atoms with van der Waals surface area (Å²) in [6.45, 7) is 4.62. The first-order chi connectivity index (χ1) is 11.7. The molecule has 24 heavy (non-hydrogen) atoms. The molecule has 1 aliphatic heterocycles. The highest BCUT2D eigenvalue weighted by molar-refractivity contribution is 5.11. The highest BCUT2D eigenvalue weighted by atomic mass is 16.7. The molecular weight excluding hydrogens is 304 g/mol. The van der Waals surface area contributed by atoms with E-state index in [1.54, 1.807) is 13.8 Å². The summed E-state index contributed by atoms with van der Waals surface area (Å²) in [7, 11) is 0. The lowest BCUT2D eigenvalue weighted by Gasteiger charge is -2.18. The number of rotatable bonds is 4. The van der Waals surface area contributed by atoms with Crippen LogP contribution in [0.4, 0.5) is 0 Å². The van der Waals surface area contributed by atoms with Gasteiger partial charge in [0.05, 0.1) is 6.04 Å². The van der Waals surface area contributed by atoms with Gasteiger partial charge in [0.1, 0.15) is 11.9 Å². The molecule has 0 bridgehead atoms. The molecule has 3 rings (SSSR count). The third kappa shape index (κ3) is 6.23. The predicted molar refractivity (Wildman–Crippen MR) is 95.6 cm³/mol. The molecule has 6 nitrogen and oxygen atoms in total. The molecule has 2 N–H and O–H groups in total. The van der Waals surface area contributed by atoms with Gasteiger partial charge in [0.25, 0.3) is 0 Å². The largest absolute Gasteiger partial charge is 0.361 e. The molecule has 2 heterocycles. The topological polar surface area (TPSA) is 79.4 Å². The SMILES string of the molecule is CC(C)ON=O.c1nc(C2CCCN2)[nH]c1C1CCCCCCC1. The van der Waals surface area contributed by atoms with Gasteiger partial charge in [-0.2, -0.15) is 0 Å². The van der Waals surface area contributed by atoms with E-state index in [9.17, 15) is 0 Å². The number of imidazole rings is 1. The Balaban J connectivity index is 0.000000301. The molecule has 1 unspecified atom stereocenters. The Kier molecular flexibility index (Phi) is 8.22. The zero-order valence-electron chi connectivity index (χ0n) is 15.1. The third-order valence-electron chi connectivity index (χ3n) is 4.80. The molecule has 1 atom stereocenters. The molecule has 1 saturated heterocycles. The number of aromatic amines is 1. The van der Waals surface area contributed by atoms with E-state index in [2.05, 4.69) is 31.7 Å². The maximum absolute atomic E-state index is 9.14. The zero-order valence-corrected chi connectivity index (χ0v) is 15.1. The van der Waals surface area contributed by atoms with Gasteiger partial charge in [0.2, 0.25) is 0 Å². The molecule has 2 aliphatic rings. The first-order valence-corrected chi connectivity index (χ1v) is 9.47. The number of nitrogens with one attached hydrogen (secondary N) is 2. The van der Waals surface area contributed by atoms with Crippen LogP contribution < -0.4 is 5.32 Å². The van der Waals surface area contributed by atoms with Crippen molar-refractivity contribution in [2.24, 2.45) is 5.34 Å². The standard InChI is InChI=1S/C15H25N3.C3H7NO2/c1-2-4-7-12(8-5-3-1)14-11-17-15(18-14)13-9-6-10-16-13;1-3(2)6-4-5/h11-13,16H,1-10H2,(H,17,18);3H,1-2H3. The van der Waals surface area contributed by atoms with Crippen LogP contribution in [0.5, 0.6) is 0 Å². The number of aromatic nitrogens is 2. The maximum Gasteiger partial charge on any atom is 0.155 e. The Hall–Kier alpha value is -1.43. The van der Waals surface area contributed by atoms with Gasteiger partial charge in [-0.15, -0.1) is 4.91 Å². The van der Waals surface area contributed by atoms with Crippen molar-refractivity contribution in [2.75, 3.05) is 6.54 Å². The summed E-state index contributed by atoms with van der Waals surface area (Å²) in [5.41, 5.74) is 1.39. The van der Waals surface area contributed by atoms with Crippen LogP contribution in [0.2, 0.25) is 0 Å². The Bertz CT molecular complexity index is 461. The summed E-state index contributed by atoms with van der Waals surface area (Å²) in [4.78, 5) is 21.5. The van der Waals surface area contributed by atoms with Crippen molar-refractivity contribution in [2.45, 2.75) is 89.7 Å². The normalized spacial score (nSPS) is 22.4. The van der Waals surface area contributed by atoms with E-state index in [1.165, 1.54) is 69.3 Å². The van der Waals surface area contributed by atoms with E-state index in [0.29, 0.717) is 6.04 Å². The van der Waals surface area contributed by atoms with Gasteiger partial charge in [0.15, 0.2) is 5.34 Å². The lowest BCUT2D eigenvalue weighted by molar-refractivity contribution is 0.0819. The highest BCUT2D eigenvalue weighted by Crippen LogP contribution is 2.31. The fourth-order valence-electron chi connectivity index (χ4n) is 3.51. The van der Waals surface area contributed by atoms with Crippen molar-refractivity contribution in [1.82, 2.24) is 15.3 Å². The molecule has 2 fully saturated rings. The van der Waals surface area contributed by atoms with Gasteiger partial charge < -0.3 is 15.1 Å². The Morgan fingerprint density at radius 3 is 2.38 bits per heavy atom. The molecule has 1 saturated carbocycles. The van der Waals surface area contributed by atoms with E-state index in [1.807, 2.05) is 0 Å². The smallest absolute Gasteiger partial charge is 0.155 e. The van der Waals surface area contributed by atoms with Crippen molar-refractivity contribution in [3.63, 3.8) is 0 Å². The summed E-state index contributed by atoms with van der Waals surface area (Å²) in [5, 5.41) is 5.70. The first-order valence-electron chi connectivity index (χ1n) is 9.47. The molecule has 6 heteroatoms. The Labute approximate surface area is 145 Å². The summed E-state index contributed by atoms with van der Waals surface area (Å²) >= 11 is 0. The van der Waals surface area contributed by atoms with Gasteiger partial charge in [-0.05, 0) is 46.1 Å². The fourth-order valence-corrected chi connectivity index (χ4v) is 3.51. The van der Waals surface area contributed by atoms with Crippen LogP contribution in [-0.4, -0.2) is 22.6 Å². The third-order valence-corrected chi connectivity index (χ3v) is 4.80. The van der Waals surface area contributed by atoms with Crippen molar-refractivity contribution in [3.8, 4) is 0 Å². The molecule has 1 aromatic heterocycles. The summed E-state index contributed by atoms with van der Waals surface area (Å²) < 4.78 is 0. The van der Waals surface area contributed by atoms with Crippen molar-refractivity contribution in [3.05, 3.63) is 22.6 Å². The van der Waals surface area contributed by atoms with E-state index in [-0.39, 0.29) is 6.10 Å². The Morgan fingerprint density at radius 1 is 1.12 bits per heavy atom. The minimum absolute atomic E-state index is 0.0810. The number of hydrogen-bond acceptors (Lipinski definition) is 5. The van der Waals surface area contributed by atoms with Crippen LogP contribution in [0, 0.1) is 4.91 Å². The van der Waals surface area contributed by atoms with Crippen LogP contribution in [0.3, 0.4) is 0 Å². The average Bonchev–Trinajstić information content (AvgIpc) is 3.18. The van der Waals surface area contributed by atoms with Crippen molar-refractivity contribution >= 4 is 0 Å². The van der Waals surface area contributed by atoms with Crippen LogP contribution in [-0.2, 0) is 4.84 Å². The zero-order chi connectivity index (χ0) is 17.2. The van der Waals surface area contributed by atoms with Gasteiger partial charge in [-0.3, -0.25) is 0 Å². The van der Waals surface area contributed by atoms with Gasteiger partial charge in [0, 0.05) is 17.8 Å². The highest BCUT2D eigenvalue weighted by Gasteiger charge is 2.21. The molecule has 1 aliphatic carbocycles. The second kappa shape index (κ2) is 10.4. The minimum atomic E-state index is -0.0810. The number of hydrogen-bond donors (Lipinski definition) is 2. The van der Waals surface area contributed by atoms with Crippen molar-refractivity contribution < 1.29 is 4.84 Å². The number of nitrogens with zero attached hydrogens (tertiary/aromatic N) is 2. The molecule has 136 valence electrons. The van der Waals surface area contributed by atoms with Crippen LogP contribution in [0.15, 0.2) is 11.5 Å². The van der Waals surface area contributed by atoms with E-state index in [0.717, 1.165) is 12.5 Å². The molecular formula is C18H32N4O2. The second-order valence-corrected chi connectivity index (χ2v) is 7.14. The molecule has 0 aromatic carbocycles. The summed E-state index contributed by atoms with van der Waals surface area (Å²) in [6, 6.07) is 0.479. The molecule has 0 spiro atoms. The summed E-state index contributed by atoms with van der Waals surface area (Å²) in [5.74, 6) is 1.90. The van der Waals surface area contributed by atoms with Crippen LogP contribution in [0.25, 0.3) is 0 Å². The quantitative estimate of drug-likeness (QED) is 0.614. The Morgan fingerprint density at radius 2 is 1.83 bits per heavy atom. The molecule has 0 radical (unpaired) electrons. The van der Waals surface area contributed by atoms with Crippen LogP contribution >= 0.6 is 0 Å². The summed E-state index contributed by atoms with van der Waals surface area (Å²) in [6.07, 6.45) is 14.3. The van der Waals surface area contributed by atoms with E-state index >= 15 is 0 Å². The van der Waals surface area contributed by atoms with Crippen LogP contribution in [0.1, 0.15) is 95.1 Å². The lowest BCUT2D eigenvalue weighted by atomic mass is 9.89. The van der Waals surface area contributed by atoms with Gasteiger partial charge in [-0.1, -0.05) is 32.1 Å². The fraction of sp³-hybridized carbons (Fsp3) is 0.833. The van der Waals surface area contributed by atoms with Gasteiger partial charge in [-0.25, -0.2) is 4.98 Å². The monoisotopic (exact) mass is 336 g/mol.